The zero-order chi connectivity index (χ0) is 17.6. The van der Waals surface area contributed by atoms with Crippen molar-refractivity contribution < 1.29 is 9.32 Å². The molecule has 0 radical (unpaired) electrons. The van der Waals surface area contributed by atoms with E-state index in [0.717, 1.165) is 21.3 Å². The molecule has 7 heteroatoms. The monoisotopic (exact) mass is 400 g/mol. The number of hydrogen-bond donors (Lipinski definition) is 2. The van der Waals surface area contributed by atoms with E-state index in [4.69, 9.17) is 4.52 Å². The van der Waals surface area contributed by atoms with Gasteiger partial charge < -0.3 is 15.2 Å². The Morgan fingerprint density at radius 2 is 2.00 bits per heavy atom. The fourth-order valence-electron chi connectivity index (χ4n) is 2.26. The van der Waals surface area contributed by atoms with E-state index in [9.17, 15) is 4.79 Å². The minimum Gasteiger partial charge on any atom is -0.351 e. The summed E-state index contributed by atoms with van der Waals surface area (Å²) in [6.45, 7) is 2.36. The Bertz CT molecular complexity index is 865. The fraction of sp³-hybridized carbons (Fsp3) is 0.167. The van der Waals surface area contributed by atoms with E-state index in [1.165, 1.54) is 0 Å². The Kier molecular flexibility index (Phi) is 5.45. The zero-order valence-electron chi connectivity index (χ0n) is 13.6. The summed E-state index contributed by atoms with van der Waals surface area (Å²) in [5.74, 6) is 0.731. The summed E-state index contributed by atoms with van der Waals surface area (Å²) in [7, 11) is 0. The highest BCUT2D eigenvalue weighted by Crippen LogP contribution is 2.20. The fourth-order valence-corrected chi connectivity index (χ4v) is 2.74. The first-order valence-electron chi connectivity index (χ1n) is 7.81. The number of rotatable bonds is 6. The highest BCUT2D eigenvalue weighted by molar-refractivity contribution is 9.10. The molecule has 0 fully saturated rings. The molecule has 0 saturated carbocycles. The standard InChI is InChI=1S/C18H17BrN4O2/c1-12-11-14(19)7-8-15(12)21-16(24)9-10-20-18-22-17(25-23-18)13-5-3-2-4-6-13/h2-8,11H,9-10H2,1H3,(H,20,23)(H,21,24). The van der Waals surface area contributed by atoms with Gasteiger partial charge in [0.15, 0.2) is 0 Å². The number of carbonyl (C=O) groups excluding carboxylic acids is 1. The molecule has 6 nitrogen and oxygen atoms in total. The van der Waals surface area contributed by atoms with E-state index in [-0.39, 0.29) is 5.91 Å². The third kappa shape index (κ3) is 4.67. The maximum Gasteiger partial charge on any atom is 0.263 e. The van der Waals surface area contributed by atoms with Crippen molar-refractivity contribution in [3.63, 3.8) is 0 Å². The van der Waals surface area contributed by atoms with E-state index < -0.39 is 0 Å². The number of nitrogens with one attached hydrogen (secondary N) is 2. The van der Waals surface area contributed by atoms with Gasteiger partial charge in [-0.2, -0.15) is 4.98 Å². The van der Waals surface area contributed by atoms with Crippen molar-refractivity contribution in [3.8, 4) is 11.5 Å². The lowest BCUT2D eigenvalue weighted by Crippen LogP contribution is -2.17. The van der Waals surface area contributed by atoms with Crippen LogP contribution in [0.5, 0.6) is 0 Å². The summed E-state index contributed by atoms with van der Waals surface area (Å²) in [4.78, 5) is 16.3. The van der Waals surface area contributed by atoms with Crippen LogP contribution in [-0.2, 0) is 4.79 Å². The van der Waals surface area contributed by atoms with Gasteiger partial charge in [-0.3, -0.25) is 4.79 Å². The van der Waals surface area contributed by atoms with Gasteiger partial charge in [0.2, 0.25) is 5.91 Å². The van der Waals surface area contributed by atoms with Crippen LogP contribution in [0.3, 0.4) is 0 Å². The minimum atomic E-state index is -0.0790. The molecule has 3 rings (SSSR count). The van der Waals surface area contributed by atoms with Crippen molar-refractivity contribution in [2.45, 2.75) is 13.3 Å². The van der Waals surface area contributed by atoms with Gasteiger partial charge in [-0.05, 0) is 48.0 Å². The number of anilines is 2. The Hall–Kier alpha value is -2.67. The van der Waals surface area contributed by atoms with Crippen molar-refractivity contribution in [1.82, 2.24) is 10.1 Å². The summed E-state index contributed by atoms with van der Waals surface area (Å²) in [6, 6.07) is 15.2. The molecule has 25 heavy (non-hydrogen) atoms. The molecule has 3 aromatic rings. The first-order valence-corrected chi connectivity index (χ1v) is 8.60. The van der Waals surface area contributed by atoms with Gasteiger partial charge >= 0.3 is 0 Å². The van der Waals surface area contributed by atoms with Crippen LogP contribution in [0.4, 0.5) is 11.6 Å². The predicted molar refractivity (Wildman–Crippen MR) is 100 cm³/mol. The molecule has 0 aliphatic heterocycles. The van der Waals surface area contributed by atoms with Crippen LogP contribution in [0.25, 0.3) is 11.5 Å². The molecule has 0 atom stereocenters. The second-order valence-electron chi connectivity index (χ2n) is 5.47. The number of carbonyl (C=O) groups is 1. The smallest absolute Gasteiger partial charge is 0.263 e. The van der Waals surface area contributed by atoms with Crippen LogP contribution in [0, 0.1) is 6.92 Å². The van der Waals surface area contributed by atoms with Crippen LogP contribution >= 0.6 is 15.9 Å². The lowest BCUT2D eigenvalue weighted by Gasteiger charge is -2.08. The Morgan fingerprint density at radius 3 is 2.76 bits per heavy atom. The SMILES string of the molecule is Cc1cc(Br)ccc1NC(=O)CCNc1noc(-c2ccccc2)n1. The number of hydrogen-bond acceptors (Lipinski definition) is 5. The summed E-state index contributed by atoms with van der Waals surface area (Å²) >= 11 is 3.40. The van der Waals surface area contributed by atoms with Gasteiger partial charge in [-0.15, -0.1) is 0 Å². The van der Waals surface area contributed by atoms with Gasteiger partial charge in [0.1, 0.15) is 0 Å². The first kappa shape index (κ1) is 17.2. The molecule has 0 unspecified atom stereocenters. The highest BCUT2D eigenvalue weighted by Gasteiger charge is 2.09. The summed E-state index contributed by atoms with van der Waals surface area (Å²) in [5.41, 5.74) is 2.66. The molecule has 1 amide bonds. The van der Waals surface area contributed by atoms with Crippen molar-refractivity contribution in [1.29, 1.82) is 0 Å². The van der Waals surface area contributed by atoms with Crippen molar-refractivity contribution in [3.05, 3.63) is 58.6 Å². The van der Waals surface area contributed by atoms with Crippen LogP contribution in [-0.4, -0.2) is 22.6 Å². The molecule has 0 spiro atoms. The summed E-state index contributed by atoms with van der Waals surface area (Å²) < 4.78 is 6.18. The number of aryl methyl sites for hydroxylation is 1. The summed E-state index contributed by atoms with van der Waals surface area (Å²) in [6.07, 6.45) is 0.296. The highest BCUT2D eigenvalue weighted by atomic mass is 79.9. The van der Waals surface area contributed by atoms with Crippen LogP contribution in [0.15, 0.2) is 57.5 Å². The van der Waals surface area contributed by atoms with Gasteiger partial charge in [0, 0.05) is 28.7 Å². The number of nitrogens with zero attached hydrogens (tertiary/aromatic N) is 2. The number of amides is 1. The summed E-state index contributed by atoms with van der Waals surface area (Å²) in [5, 5.41) is 9.74. The molecule has 1 heterocycles. The molecule has 0 aliphatic carbocycles. The third-order valence-corrected chi connectivity index (χ3v) is 4.04. The molecular formula is C18H17BrN4O2. The van der Waals surface area contributed by atoms with E-state index in [0.29, 0.717) is 24.8 Å². The predicted octanol–water partition coefficient (Wildman–Crippen LogP) is 4.25. The molecular weight excluding hydrogens is 384 g/mol. The third-order valence-electron chi connectivity index (χ3n) is 3.54. The normalized spacial score (nSPS) is 10.5. The average molecular weight is 401 g/mol. The van der Waals surface area contributed by atoms with Gasteiger partial charge in [-0.25, -0.2) is 0 Å². The molecule has 0 saturated heterocycles. The van der Waals surface area contributed by atoms with Crippen molar-refractivity contribution in [2.75, 3.05) is 17.2 Å². The first-order chi connectivity index (χ1) is 12.1. The molecule has 0 aliphatic rings. The average Bonchev–Trinajstić information content (AvgIpc) is 3.07. The van der Waals surface area contributed by atoms with Crippen LogP contribution in [0.2, 0.25) is 0 Å². The minimum absolute atomic E-state index is 0.0790. The Balaban J connectivity index is 1.49. The van der Waals surface area contributed by atoms with Gasteiger partial charge in [0.25, 0.3) is 11.8 Å². The topological polar surface area (TPSA) is 80.0 Å². The lowest BCUT2D eigenvalue weighted by atomic mass is 10.2. The van der Waals surface area contributed by atoms with Gasteiger partial charge in [-0.1, -0.05) is 34.1 Å². The molecule has 0 bridgehead atoms. The molecule has 2 aromatic carbocycles. The van der Waals surface area contributed by atoms with E-state index in [1.54, 1.807) is 0 Å². The number of benzene rings is 2. The number of halogens is 1. The maximum atomic E-state index is 12.0. The van der Waals surface area contributed by atoms with Gasteiger partial charge in [0.05, 0.1) is 0 Å². The quantitative estimate of drug-likeness (QED) is 0.646. The molecule has 2 N–H and O–H groups in total. The van der Waals surface area contributed by atoms with E-state index in [1.807, 2.05) is 55.5 Å². The Morgan fingerprint density at radius 1 is 1.20 bits per heavy atom. The Labute approximate surface area is 153 Å². The van der Waals surface area contributed by atoms with Crippen molar-refractivity contribution >= 4 is 33.5 Å². The maximum absolute atomic E-state index is 12.0. The zero-order valence-corrected chi connectivity index (χ0v) is 15.2. The van der Waals surface area contributed by atoms with Crippen LogP contribution in [0.1, 0.15) is 12.0 Å². The molecule has 1 aromatic heterocycles. The molecule has 128 valence electrons. The second-order valence-corrected chi connectivity index (χ2v) is 6.39. The second kappa shape index (κ2) is 7.94. The van der Waals surface area contributed by atoms with Crippen LogP contribution < -0.4 is 10.6 Å². The lowest BCUT2D eigenvalue weighted by molar-refractivity contribution is -0.115. The largest absolute Gasteiger partial charge is 0.351 e. The van der Waals surface area contributed by atoms with E-state index >= 15 is 0 Å². The van der Waals surface area contributed by atoms with E-state index in [2.05, 4.69) is 36.7 Å². The van der Waals surface area contributed by atoms with Crippen molar-refractivity contribution in [2.24, 2.45) is 0 Å². The number of aromatic nitrogens is 2.